The van der Waals surface area contributed by atoms with Crippen molar-refractivity contribution in [1.29, 1.82) is 0 Å². The van der Waals surface area contributed by atoms with Crippen molar-refractivity contribution in [3.8, 4) is 0 Å². The van der Waals surface area contributed by atoms with Gasteiger partial charge in [-0.05, 0) is 45.1 Å². The van der Waals surface area contributed by atoms with Crippen LogP contribution in [0.4, 0.5) is 0 Å². The molecule has 0 aromatic heterocycles. The Morgan fingerprint density at radius 1 is 0.886 bits per heavy atom. The molecule has 2 saturated heterocycles. The van der Waals surface area contributed by atoms with Gasteiger partial charge < -0.3 is 23.7 Å². The molecule has 2 heterocycles. The fourth-order valence-corrected chi connectivity index (χ4v) is 4.87. The fraction of sp³-hybridized carbons (Fsp3) is 0.733. The van der Waals surface area contributed by atoms with Crippen LogP contribution < -0.4 is 0 Å². The van der Waals surface area contributed by atoms with Gasteiger partial charge in [-0.3, -0.25) is 0 Å². The summed E-state index contributed by atoms with van der Waals surface area (Å²) in [5, 5.41) is 0. The average molecular weight is 489 g/mol. The van der Waals surface area contributed by atoms with E-state index in [1.54, 1.807) is 0 Å². The van der Waals surface area contributed by atoms with Gasteiger partial charge in [-0.1, -0.05) is 81.5 Å². The number of allylic oxidation sites excluding steroid dienone is 1. The maximum Gasteiger partial charge on any atom is 0.168 e. The van der Waals surface area contributed by atoms with Gasteiger partial charge in [0.25, 0.3) is 0 Å². The van der Waals surface area contributed by atoms with Gasteiger partial charge in [-0.15, -0.1) is 0 Å². The van der Waals surface area contributed by atoms with Gasteiger partial charge in [0.2, 0.25) is 0 Å². The van der Waals surface area contributed by atoms with Crippen molar-refractivity contribution in [2.24, 2.45) is 0 Å². The topological polar surface area (TPSA) is 46.2 Å². The van der Waals surface area contributed by atoms with Crippen molar-refractivity contribution in [2.75, 3.05) is 19.8 Å². The predicted molar refractivity (Wildman–Crippen MR) is 140 cm³/mol. The van der Waals surface area contributed by atoms with Crippen LogP contribution in [0, 0.1) is 0 Å². The van der Waals surface area contributed by atoms with Gasteiger partial charge >= 0.3 is 0 Å². The monoisotopic (exact) mass is 488 g/mol. The molecule has 0 amide bonds. The van der Waals surface area contributed by atoms with E-state index in [4.69, 9.17) is 23.7 Å². The number of benzene rings is 1. The Morgan fingerprint density at radius 2 is 1.57 bits per heavy atom. The molecule has 2 aliphatic rings. The highest BCUT2D eigenvalue weighted by atomic mass is 16.7. The third kappa shape index (κ3) is 10.3. The first kappa shape index (κ1) is 28.3. The van der Waals surface area contributed by atoms with E-state index in [1.165, 1.54) is 51.4 Å². The minimum absolute atomic E-state index is 0.0910. The zero-order valence-corrected chi connectivity index (χ0v) is 22.3. The van der Waals surface area contributed by atoms with Gasteiger partial charge in [0, 0.05) is 12.8 Å². The van der Waals surface area contributed by atoms with Crippen molar-refractivity contribution >= 4 is 0 Å². The number of hydrogen-bond donors (Lipinski definition) is 0. The van der Waals surface area contributed by atoms with E-state index in [1.807, 2.05) is 32.0 Å². The third-order valence-electron chi connectivity index (χ3n) is 6.92. The van der Waals surface area contributed by atoms with Crippen molar-refractivity contribution in [3.05, 3.63) is 48.0 Å². The second-order valence-corrected chi connectivity index (χ2v) is 10.4. The molecule has 0 saturated carbocycles. The molecule has 1 aromatic rings. The highest BCUT2D eigenvalue weighted by molar-refractivity contribution is 5.13. The van der Waals surface area contributed by atoms with E-state index in [9.17, 15) is 0 Å². The van der Waals surface area contributed by atoms with Crippen molar-refractivity contribution < 1.29 is 23.7 Å². The lowest BCUT2D eigenvalue weighted by Gasteiger charge is -2.39. The van der Waals surface area contributed by atoms with Crippen molar-refractivity contribution in [3.63, 3.8) is 0 Å². The van der Waals surface area contributed by atoms with Gasteiger partial charge in [-0.2, -0.15) is 0 Å². The Morgan fingerprint density at radius 3 is 2.29 bits per heavy atom. The van der Waals surface area contributed by atoms with Crippen LogP contribution in [0.1, 0.15) is 97.0 Å². The molecule has 0 radical (unpaired) electrons. The second kappa shape index (κ2) is 15.1. The first-order valence-corrected chi connectivity index (χ1v) is 13.9. The zero-order chi connectivity index (χ0) is 24.8. The normalized spacial score (nSPS) is 23.7. The molecular formula is C30H48O5. The van der Waals surface area contributed by atoms with Crippen LogP contribution in [0.2, 0.25) is 0 Å². The zero-order valence-electron chi connectivity index (χ0n) is 22.3. The maximum atomic E-state index is 6.17. The Balaban J connectivity index is 1.33. The molecule has 0 aliphatic carbocycles. The Kier molecular flexibility index (Phi) is 12.2. The minimum Gasteiger partial charge on any atom is -0.368 e. The SMILES string of the molecule is CCCCCCC1(CCCCCC/C=C\[C@H]2OC(C)(C)OC[C@H]2OCc2ccccc2)OCCO1. The number of unbranched alkanes of at least 4 members (excludes halogenated alkanes) is 7. The molecule has 0 spiro atoms. The molecule has 2 atom stereocenters. The van der Waals surface area contributed by atoms with Gasteiger partial charge in [0.05, 0.1) is 26.4 Å². The van der Waals surface area contributed by atoms with E-state index in [2.05, 4.69) is 31.2 Å². The third-order valence-corrected chi connectivity index (χ3v) is 6.92. The standard InChI is InChI=1S/C30H48O5/c1-4-5-6-15-20-30(32-22-23-33-30)21-16-10-8-7-9-14-19-27-28(25-34-29(2,3)35-27)31-24-26-17-12-11-13-18-26/h11-14,17-19,27-28H,4-10,15-16,20-25H2,1-3H3/b19-14-/t27-,28-/m1/s1. The molecule has 0 unspecified atom stereocenters. The van der Waals surface area contributed by atoms with Gasteiger partial charge in [-0.25, -0.2) is 0 Å². The van der Waals surface area contributed by atoms with E-state index in [-0.39, 0.29) is 18.0 Å². The molecule has 35 heavy (non-hydrogen) atoms. The van der Waals surface area contributed by atoms with Crippen LogP contribution in [0.25, 0.3) is 0 Å². The van der Waals surface area contributed by atoms with Crippen LogP contribution in [0.3, 0.4) is 0 Å². The van der Waals surface area contributed by atoms with Gasteiger partial charge in [0.15, 0.2) is 11.6 Å². The summed E-state index contributed by atoms with van der Waals surface area (Å²) in [5.41, 5.74) is 1.16. The summed E-state index contributed by atoms with van der Waals surface area (Å²) >= 11 is 0. The summed E-state index contributed by atoms with van der Waals surface area (Å²) in [6, 6.07) is 10.3. The Labute approximate surface area is 213 Å². The highest BCUT2D eigenvalue weighted by Gasteiger charge is 2.36. The maximum absolute atomic E-state index is 6.17. The number of hydrogen-bond acceptors (Lipinski definition) is 5. The molecule has 5 nitrogen and oxygen atoms in total. The van der Waals surface area contributed by atoms with Crippen LogP contribution in [0.15, 0.2) is 42.5 Å². The van der Waals surface area contributed by atoms with E-state index >= 15 is 0 Å². The lowest BCUT2D eigenvalue weighted by molar-refractivity contribution is -0.300. The molecule has 1 aromatic carbocycles. The summed E-state index contributed by atoms with van der Waals surface area (Å²) < 4.78 is 30.3. The molecule has 0 N–H and O–H groups in total. The Bertz CT molecular complexity index is 711. The summed E-state index contributed by atoms with van der Waals surface area (Å²) in [4.78, 5) is 0. The van der Waals surface area contributed by atoms with E-state index in [0.717, 1.165) is 38.0 Å². The largest absolute Gasteiger partial charge is 0.368 e. The molecule has 2 aliphatic heterocycles. The number of ether oxygens (including phenoxy) is 5. The molecule has 2 fully saturated rings. The van der Waals surface area contributed by atoms with Crippen LogP contribution >= 0.6 is 0 Å². The van der Waals surface area contributed by atoms with E-state index in [0.29, 0.717) is 13.2 Å². The highest BCUT2D eigenvalue weighted by Crippen LogP contribution is 2.32. The fourth-order valence-electron chi connectivity index (χ4n) is 4.87. The lowest BCUT2D eigenvalue weighted by atomic mass is 9.99. The summed E-state index contributed by atoms with van der Waals surface area (Å²) in [7, 11) is 0. The summed E-state index contributed by atoms with van der Waals surface area (Å²) in [5.74, 6) is -0.881. The molecular weight excluding hydrogens is 440 g/mol. The molecule has 3 rings (SSSR count). The first-order chi connectivity index (χ1) is 17.0. The van der Waals surface area contributed by atoms with Crippen molar-refractivity contribution in [2.45, 2.75) is 122 Å². The second-order valence-electron chi connectivity index (χ2n) is 10.4. The van der Waals surface area contributed by atoms with E-state index < -0.39 is 5.79 Å². The van der Waals surface area contributed by atoms with Crippen molar-refractivity contribution in [1.82, 2.24) is 0 Å². The van der Waals surface area contributed by atoms with Crippen LogP contribution in [-0.4, -0.2) is 43.6 Å². The number of rotatable bonds is 16. The lowest BCUT2D eigenvalue weighted by Crippen LogP contribution is -2.48. The smallest absolute Gasteiger partial charge is 0.168 e. The molecule has 198 valence electrons. The summed E-state index contributed by atoms with van der Waals surface area (Å²) in [6.07, 6.45) is 17.2. The molecule has 5 heteroatoms. The average Bonchev–Trinajstić information content (AvgIpc) is 3.32. The molecule has 0 bridgehead atoms. The van der Waals surface area contributed by atoms with Crippen LogP contribution in [0.5, 0.6) is 0 Å². The minimum atomic E-state index is -0.585. The van der Waals surface area contributed by atoms with Gasteiger partial charge in [0.1, 0.15) is 12.2 Å². The first-order valence-electron chi connectivity index (χ1n) is 13.9. The van der Waals surface area contributed by atoms with Crippen LogP contribution in [-0.2, 0) is 30.3 Å². The Hall–Kier alpha value is -1.24. The predicted octanol–water partition coefficient (Wildman–Crippen LogP) is 7.33. The summed E-state index contributed by atoms with van der Waals surface area (Å²) in [6.45, 7) is 8.80. The quantitative estimate of drug-likeness (QED) is 0.180.